The van der Waals surface area contributed by atoms with Gasteiger partial charge < -0.3 is 10.4 Å². The summed E-state index contributed by atoms with van der Waals surface area (Å²) >= 11 is 0. The molecule has 1 aromatic carbocycles. The van der Waals surface area contributed by atoms with Crippen LogP contribution in [0.1, 0.15) is 13.3 Å². The summed E-state index contributed by atoms with van der Waals surface area (Å²) in [6.07, 6.45) is -0.260. The average molecular weight is 261 g/mol. The molecule has 7 heteroatoms. The highest BCUT2D eigenvalue weighted by atomic mass is 16.4. The molecular weight excluding hydrogens is 250 g/mol. The largest absolute Gasteiger partial charge is 0.477 e. The molecule has 2 amide bonds. The smallest absolute Gasteiger partial charge is 0.352 e. The second-order valence-electron chi connectivity index (χ2n) is 3.93. The molecule has 2 N–H and O–H groups in total. The molecule has 0 saturated carbocycles. The lowest BCUT2D eigenvalue weighted by molar-refractivity contribution is -0.129. The Kier molecular flexibility index (Phi) is 3.28. The van der Waals surface area contributed by atoms with Crippen LogP contribution in [0, 0.1) is 0 Å². The Morgan fingerprint density at radius 3 is 2.63 bits per heavy atom. The predicted octanol–water partition coefficient (Wildman–Crippen LogP) is 0.822. The Bertz CT molecular complexity index is 594. The Morgan fingerprint density at radius 2 is 2.05 bits per heavy atom. The first-order chi connectivity index (χ1) is 8.99. The van der Waals surface area contributed by atoms with Crippen LogP contribution in [0.25, 0.3) is 0 Å². The third kappa shape index (κ3) is 2.59. The quantitative estimate of drug-likeness (QED) is 0.841. The molecule has 1 heterocycles. The Balaban J connectivity index is 2.39. The average Bonchev–Trinajstić information content (AvgIpc) is 2.71. The van der Waals surface area contributed by atoms with Gasteiger partial charge in [-0.2, -0.15) is 10.1 Å². The zero-order chi connectivity index (χ0) is 14.0. The lowest BCUT2D eigenvalue weighted by Crippen LogP contribution is -2.21. The Morgan fingerprint density at radius 1 is 1.37 bits per heavy atom. The number of para-hydroxylation sites is 2. The molecule has 98 valence electrons. The minimum Gasteiger partial charge on any atom is -0.477 e. The number of hydrogen-bond donors (Lipinski definition) is 2. The zero-order valence-corrected chi connectivity index (χ0v) is 10.1. The molecule has 0 unspecified atom stereocenters. The lowest BCUT2D eigenvalue weighted by atomic mass is 10.2. The molecule has 0 fully saturated rings. The number of rotatable bonds is 3. The standard InChI is InChI=1S/C12H11N3O4/c1-7(16)13-8-4-2-3-5-10(8)15-11(17)6-9(14-15)12(18)19/h2-5H,6H2,1H3,(H,13,16)(H,18,19). The summed E-state index contributed by atoms with van der Waals surface area (Å²) in [6, 6.07) is 6.55. The molecule has 1 aromatic rings. The number of carboxylic acid groups (broad SMARTS) is 1. The fraction of sp³-hybridized carbons (Fsp3) is 0.167. The van der Waals surface area contributed by atoms with E-state index >= 15 is 0 Å². The maximum absolute atomic E-state index is 11.8. The number of aliphatic carboxylic acids is 1. The monoisotopic (exact) mass is 261 g/mol. The number of carbonyl (C=O) groups is 3. The van der Waals surface area contributed by atoms with E-state index in [-0.39, 0.29) is 18.0 Å². The van der Waals surface area contributed by atoms with Crippen molar-refractivity contribution in [1.29, 1.82) is 0 Å². The minimum absolute atomic E-state index is 0.220. The second kappa shape index (κ2) is 4.89. The normalized spacial score (nSPS) is 14.3. The predicted molar refractivity (Wildman–Crippen MR) is 67.9 cm³/mol. The fourth-order valence-corrected chi connectivity index (χ4v) is 1.69. The van der Waals surface area contributed by atoms with Gasteiger partial charge in [0, 0.05) is 6.92 Å². The van der Waals surface area contributed by atoms with Crippen molar-refractivity contribution < 1.29 is 19.5 Å². The molecule has 0 spiro atoms. The number of amides is 2. The molecule has 7 nitrogen and oxygen atoms in total. The zero-order valence-electron chi connectivity index (χ0n) is 10.1. The van der Waals surface area contributed by atoms with Crippen LogP contribution in [0.4, 0.5) is 11.4 Å². The van der Waals surface area contributed by atoms with E-state index in [1.165, 1.54) is 6.92 Å². The van der Waals surface area contributed by atoms with Crippen LogP contribution in [0.3, 0.4) is 0 Å². The van der Waals surface area contributed by atoms with Crippen LogP contribution in [-0.4, -0.2) is 28.6 Å². The van der Waals surface area contributed by atoms with E-state index in [0.29, 0.717) is 11.4 Å². The van der Waals surface area contributed by atoms with E-state index in [1.807, 2.05) is 0 Å². The van der Waals surface area contributed by atoms with Crippen LogP contribution in [0.2, 0.25) is 0 Å². The lowest BCUT2D eigenvalue weighted by Gasteiger charge is -2.16. The number of carboxylic acids is 1. The van der Waals surface area contributed by atoms with Crippen molar-refractivity contribution in [3.05, 3.63) is 24.3 Å². The first-order valence-corrected chi connectivity index (χ1v) is 5.49. The molecule has 0 radical (unpaired) electrons. The molecule has 1 aliphatic heterocycles. The van der Waals surface area contributed by atoms with E-state index in [1.54, 1.807) is 24.3 Å². The molecule has 1 aliphatic rings. The van der Waals surface area contributed by atoms with Gasteiger partial charge in [-0.3, -0.25) is 9.59 Å². The van der Waals surface area contributed by atoms with Gasteiger partial charge in [0.2, 0.25) is 5.91 Å². The number of hydrogen-bond acceptors (Lipinski definition) is 4. The summed E-state index contributed by atoms with van der Waals surface area (Å²) in [5.74, 6) is -1.97. The van der Waals surface area contributed by atoms with E-state index in [9.17, 15) is 14.4 Å². The van der Waals surface area contributed by atoms with Crippen molar-refractivity contribution in [2.75, 3.05) is 10.3 Å². The fourth-order valence-electron chi connectivity index (χ4n) is 1.69. The van der Waals surface area contributed by atoms with Crippen LogP contribution < -0.4 is 10.3 Å². The molecule has 19 heavy (non-hydrogen) atoms. The molecule has 2 rings (SSSR count). The van der Waals surface area contributed by atoms with Crippen molar-refractivity contribution in [3.8, 4) is 0 Å². The maximum atomic E-state index is 11.8. The maximum Gasteiger partial charge on any atom is 0.352 e. The van der Waals surface area contributed by atoms with Crippen LogP contribution in [0.5, 0.6) is 0 Å². The minimum atomic E-state index is -1.23. The molecule has 0 atom stereocenters. The third-order valence-corrected chi connectivity index (χ3v) is 2.47. The highest BCUT2D eigenvalue weighted by molar-refractivity contribution is 6.42. The van der Waals surface area contributed by atoms with Gasteiger partial charge in [-0.15, -0.1) is 0 Å². The number of carbonyl (C=O) groups excluding carboxylic acids is 2. The topological polar surface area (TPSA) is 99.1 Å². The molecule has 0 bridgehead atoms. The van der Waals surface area contributed by atoms with Crippen molar-refractivity contribution in [2.24, 2.45) is 5.10 Å². The van der Waals surface area contributed by atoms with Crippen molar-refractivity contribution in [2.45, 2.75) is 13.3 Å². The van der Waals surface area contributed by atoms with Crippen molar-refractivity contribution in [1.82, 2.24) is 0 Å². The number of nitrogens with zero attached hydrogens (tertiary/aromatic N) is 2. The number of nitrogens with one attached hydrogen (secondary N) is 1. The van der Waals surface area contributed by atoms with Gasteiger partial charge >= 0.3 is 5.97 Å². The highest BCUT2D eigenvalue weighted by Gasteiger charge is 2.30. The highest BCUT2D eigenvalue weighted by Crippen LogP contribution is 2.28. The molecule has 0 saturated heterocycles. The summed E-state index contributed by atoms with van der Waals surface area (Å²) in [5, 5.41) is 16.1. The second-order valence-corrected chi connectivity index (χ2v) is 3.93. The van der Waals surface area contributed by atoms with E-state index in [4.69, 9.17) is 5.11 Å². The summed E-state index contributed by atoms with van der Waals surface area (Å²) in [4.78, 5) is 33.7. The molecular formula is C12H11N3O4. The van der Waals surface area contributed by atoms with E-state index in [2.05, 4.69) is 10.4 Å². The summed E-state index contributed by atoms with van der Waals surface area (Å²) in [5.41, 5.74) is 0.528. The van der Waals surface area contributed by atoms with Gasteiger partial charge in [-0.05, 0) is 12.1 Å². The SMILES string of the molecule is CC(=O)Nc1ccccc1N1N=C(C(=O)O)CC1=O. The van der Waals surface area contributed by atoms with E-state index < -0.39 is 11.9 Å². The van der Waals surface area contributed by atoms with Gasteiger partial charge in [0.1, 0.15) is 0 Å². The van der Waals surface area contributed by atoms with Crippen LogP contribution in [0.15, 0.2) is 29.4 Å². The Hall–Kier alpha value is -2.70. The van der Waals surface area contributed by atoms with Crippen molar-refractivity contribution in [3.63, 3.8) is 0 Å². The van der Waals surface area contributed by atoms with Gasteiger partial charge in [-0.25, -0.2) is 4.79 Å². The summed E-state index contributed by atoms with van der Waals surface area (Å²) in [6.45, 7) is 1.34. The number of benzene rings is 1. The van der Waals surface area contributed by atoms with Gasteiger partial charge in [-0.1, -0.05) is 12.1 Å². The van der Waals surface area contributed by atoms with Gasteiger partial charge in [0.05, 0.1) is 17.8 Å². The van der Waals surface area contributed by atoms with Crippen LogP contribution >= 0.6 is 0 Å². The third-order valence-electron chi connectivity index (χ3n) is 2.47. The summed E-state index contributed by atoms with van der Waals surface area (Å²) in [7, 11) is 0. The molecule has 0 aliphatic carbocycles. The first-order valence-electron chi connectivity index (χ1n) is 5.49. The Labute approximate surface area is 108 Å². The van der Waals surface area contributed by atoms with Crippen LogP contribution in [-0.2, 0) is 14.4 Å². The number of anilines is 2. The first kappa shape index (κ1) is 12.7. The van der Waals surface area contributed by atoms with Crippen molar-refractivity contribution >= 4 is 34.9 Å². The number of hydrazone groups is 1. The molecule has 0 aromatic heterocycles. The van der Waals surface area contributed by atoms with Gasteiger partial charge in [0.15, 0.2) is 5.71 Å². The summed E-state index contributed by atoms with van der Waals surface area (Å²) < 4.78 is 0. The van der Waals surface area contributed by atoms with Gasteiger partial charge in [0.25, 0.3) is 5.91 Å². The van der Waals surface area contributed by atoms with E-state index in [0.717, 1.165) is 5.01 Å².